The van der Waals surface area contributed by atoms with Gasteiger partial charge in [0.05, 0.1) is 4.92 Å². The molecule has 0 unspecified atom stereocenters. The summed E-state index contributed by atoms with van der Waals surface area (Å²) in [6.45, 7) is 5.47. The normalized spacial score (nSPS) is 14.2. The summed E-state index contributed by atoms with van der Waals surface area (Å²) < 4.78 is 5.30. The second-order valence-corrected chi connectivity index (χ2v) is 7.37. The molecule has 8 heteroatoms. The fraction of sp³-hybridized carbons (Fsp3) is 0.526. The standard InChI is InChI=1S/C19H24N4O4/c1-13(2)12-22(19(24)15-4-3-5-15)11-10-17-20-18(21-27-17)14-6-8-16(9-7-14)23(25)26/h6-9,13,15H,3-5,10-12H2,1-2H3. The molecule has 0 atom stereocenters. The first kappa shape index (κ1) is 19.0. The van der Waals surface area contributed by atoms with Gasteiger partial charge in [0.2, 0.25) is 17.6 Å². The molecule has 1 amide bonds. The number of carbonyl (C=O) groups excluding carboxylic acids is 1. The summed E-state index contributed by atoms with van der Waals surface area (Å²) in [4.78, 5) is 29.1. The average Bonchev–Trinajstić information content (AvgIpc) is 3.05. The first-order valence-electron chi connectivity index (χ1n) is 9.30. The minimum Gasteiger partial charge on any atom is -0.342 e. The summed E-state index contributed by atoms with van der Waals surface area (Å²) in [5, 5.41) is 14.7. The number of hydrogen-bond acceptors (Lipinski definition) is 6. The summed E-state index contributed by atoms with van der Waals surface area (Å²) in [5.74, 6) is 1.64. The highest BCUT2D eigenvalue weighted by atomic mass is 16.6. The van der Waals surface area contributed by atoms with Crippen LogP contribution in [0.1, 0.15) is 39.0 Å². The second kappa shape index (κ2) is 8.28. The Morgan fingerprint density at radius 3 is 2.59 bits per heavy atom. The number of benzene rings is 1. The van der Waals surface area contributed by atoms with E-state index in [4.69, 9.17) is 4.52 Å². The van der Waals surface area contributed by atoms with Gasteiger partial charge in [-0.1, -0.05) is 25.4 Å². The van der Waals surface area contributed by atoms with Gasteiger partial charge in [0.1, 0.15) is 0 Å². The lowest BCUT2D eigenvalue weighted by Gasteiger charge is -2.32. The molecular weight excluding hydrogens is 348 g/mol. The molecule has 0 saturated heterocycles. The van der Waals surface area contributed by atoms with Gasteiger partial charge in [-0.05, 0) is 30.9 Å². The van der Waals surface area contributed by atoms with Crippen molar-refractivity contribution in [1.82, 2.24) is 15.0 Å². The van der Waals surface area contributed by atoms with Crippen LogP contribution in [0.5, 0.6) is 0 Å². The zero-order valence-corrected chi connectivity index (χ0v) is 15.6. The van der Waals surface area contributed by atoms with E-state index >= 15 is 0 Å². The molecule has 2 aromatic rings. The van der Waals surface area contributed by atoms with Crippen molar-refractivity contribution in [1.29, 1.82) is 0 Å². The highest BCUT2D eigenvalue weighted by Gasteiger charge is 2.29. The number of rotatable bonds is 8. The zero-order valence-electron chi connectivity index (χ0n) is 15.6. The van der Waals surface area contributed by atoms with Crippen molar-refractivity contribution < 1.29 is 14.2 Å². The minimum absolute atomic E-state index is 0.0151. The van der Waals surface area contributed by atoms with E-state index in [0.29, 0.717) is 36.2 Å². The predicted octanol–water partition coefficient (Wildman–Crippen LogP) is 3.47. The molecule has 3 rings (SSSR count). The number of nitro benzene ring substituents is 1. The van der Waals surface area contributed by atoms with Crippen LogP contribution in [-0.4, -0.2) is 39.0 Å². The van der Waals surface area contributed by atoms with E-state index in [9.17, 15) is 14.9 Å². The number of nitrogens with zero attached hydrogens (tertiary/aromatic N) is 4. The van der Waals surface area contributed by atoms with Crippen LogP contribution in [0.3, 0.4) is 0 Å². The van der Waals surface area contributed by atoms with Crippen LogP contribution >= 0.6 is 0 Å². The highest BCUT2D eigenvalue weighted by molar-refractivity contribution is 5.79. The Kier molecular flexibility index (Phi) is 5.83. The maximum Gasteiger partial charge on any atom is 0.269 e. The van der Waals surface area contributed by atoms with E-state index in [1.807, 2.05) is 4.90 Å². The van der Waals surface area contributed by atoms with Crippen LogP contribution in [0.15, 0.2) is 28.8 Å². The number of aromatic nitrogens is 2. The molecule has 0 radical (unpaired) electrons. The molecule has 1 aliphatic carbocycles. The molecule has 1 saturated carbocycles. The molecule has 0 aliphatic heterocycles. The second-order valence-electron chi connectivity index (χ2n) is 7.37. The molecule has 0 bridgehead atoms. The first-order valence-corrected chi connectivity index (χ1v) is 9.30. The Hall–Kier alpha value is -2.77. The molecule has 1 aromatic heterocycles. The summed E-state index contributed by atoms with van der Waals surface area (Å²) in [5.41, 5.74) is 0.668. The maximum atomic E-state index is 12.6. The van der Waals surface area contributed by atoms with E-state index in [0.717, 1.165) is 25.8 Å². The molecular formula is C19H24N4O4. The quantitative estimate of drug-likeness (QED) is 0.519. The van der Waals surface area contributed by atoms with Crippen LogP contribution in [0.2, 0.25) is 0 Å². The van der Waals surface area contributed by atoms with Crippen LogP contribution in [0.4, 0.5) is 5.69 Å². The van der Waals surface area contributed by atoms with Gasteiger partial charge >= 0.3 is 0 Å². The van der Waals surface area contributed by atoms with Crippen molar-refractivity contribution >= 4 is 11.6 Å². The Morgan fingerprint density at radius 1 is 1.33 bits per heavy atom. The summed E-state index contributed by atoms with van der Waals surface area (Å²) in [7, 11) is 0. The fourth-order valence-corrected chi connectivity index (χ4v) is 3.08. The number of nitro groups is 1. The lowest BCUT2D eigenvalue weighted by atomic mass is 9.84. The van der Waals surface area contributed by atoms with Crippen LogP contribution in [0.25, 0.3) is 11.4 Å². The molecule has 0 N–H and O–H groups in total. The SMILES string of the molecule is CC(C)CN(CCc1nc(-c2ccc([N+](=O)[O-])cc2)no1)C(=O)C1CCC1. The minimum atomic E-state index is -0.451. The van der Waals surface area contributed by atoms with Gasteiger partial charge < -0.3 is 9.42 Å². The number of hydrogen-bond donors (Lipinski definition) is 0. The van der Waals surface area contributed by atoms with Gasteiger partial charge in [-0.25, -0.2) is 0 Å². The third kappa shape index (κ3) is 4.69. The van der Waals surface area contributed by atoms with Crippen molar-refractivity contribution in [2.75, 3.05) is 13.1 Å². The molecule has 0 spiro atoms. The van der Waals surface area contributed by atoms with Crippen molar-refractivity contribution in [3.8, 4) is 11.4 Å². The maximum absolute atomic E-state index is 12.6. The molecule has 1 heterocycles. The van der Waals surface area contributed by atoms with Crippen LogP contribution in [-0.2, 0) is 11.2 Å². The number of carbonyl (C=O) groups is 1. The number of non-ortho nitro benzene ring substituents is 1. The average molecular weight is 372 g/mol. The molecule has 144 valence electrons. The van der Waals surface area contributed by atoms with E-state index < -0.39 is 4.92 Å². The predicted molar refractivity (Wildman–Crippen MR) is 98.9 cm³/mol. The topological polar surface area (TPSA) is 102 Å². The van der Waals surface area contributed by atoms with E-state index in [-0.39, 0.29) is 17.5 Å². The van der Waals surface area contributed by atoms with Gasteiger partial charge in [-0.3, -0.25) is 14.9 Å². The largest absolute Gasteiger partial charge is 0.342 e. The summed E-state index contributed by atoms with van der Waals surface area (Å²) >= 11 is 0. The summed E-state index contributed by atoms with van der Waals surface area (Å²) in [6.07, 6.45) is 3.59. The van der Waals surface area contributed by atoms with Crippen molar-refractivity contribution in [2.24, 2.45) is 11.8 Å². The lowest BCUT2D eigenvalue weighted by molar-refractivity contribution is -0.384. The summed E-state index contributed by atoms with van der Waals surface area (Å²) in [6, 6.07) is 6.01. The first-order chi connectivity index (χ1) is 12.9. The van der Waals surface area contributed by atoms with Gasteiger partial charge in [-0.2, -0.15) is 4.98 Å². The lowest BCUT2D eigenvalue weighted by Crippen LogP contribution is -2.42. The van der Waals surface area contributed by atoms with Gasteiger partial charge in [-0.15, -0.1) is 0 Å². The Balaban J connectivity index is 1.63. The molecule has 8 nitrogen and oxygen atoms in total. The molecule has 27 heavy (non-hydrogen) atoms. The Labute approximate surface area is 157 Å². The zero-order chi connectivity index (χ0) is 19.4. The smallest absolute Gasteiger partial charge is 0.269 e. The van der Waals surface area contributed by atoms with Crippen molar-refractivity contribution in [3.63, 3.8) is 0 Å². The fourth-order valence-electron chi connectivity index (χ4n) is 3.08. The van der Waals surface area contributed by atoms with Crippen molar-refractivity contribution in [2.45, 2.75) is 39.5 Å². The monoisotopic (exact) mass is 372 g/mol. The van der Waals surface area contributed by atoms with Gasteiger partial charge in [0.25, 0.3) is 5.69 Å². The third-order valence-corrected chi connectivity index (χ3v) is 4.75. The van der Waals surface area contributed by atoms with Crippen molar-refractivity contribution in [3.05, 3.63) is 40.3 Å². The Bertz CT molecular complexity index is 796. The molecule has 1 aliphatic rings. The van der Waals surface area contributed by atoms with E-state index in [1.54, 1.807) is 12.1 Å². The van der Waals surface area contributed by atoms with E-state index in [2.05, 4.69) is 24.0 Å². The van der Waals surface area contributed by atoms with Gasteiger partial charge in [0, 0.05) is 43.1 Å². The van der Waals surface area contributed by atoms with Gasteiger partial charge in [0.15, 0.2) is 0 Å². The number of amides is 1. The molecule has 1 aromatic carbocycles. The molecule has 1 fully saturated rings. The van der Waals surface area contributed by atoms with E-state index in [1.165, 1.54) is 12.1 Å². The van der Waals surface area contributed by atoms with Crippen LogP contribution < -0.4 is 0 Å². The highest BCUT2D eigenvalue weighted by Crippen LogP contribution is 2.28. The van der Waals surface area contributed by atoms with Crippen LogP contribution in [0, 0.1) is 22.0 Å². The third-order valence-electron chi connectivity index (χ3n) is 4.75. The Morgan fingerprint density at radius 2 is 2.04 bits per heavy atom.